The van der Waals surface area contributed by atoms with E-state index in [1.54, 1.807) is 32.2 Å². The third-order valence-electron chi connectivity index (χ3n) is 2.81. The zero-order valence-electron chi connectivity index (χ0n) is 11.1. The van der Waals surface area contributed by atoms with Gasteiger partial charge < -0.3 is 19.6 Å². The van der Waals surface area contributed by atoms with Gasteiger partial charge in [0.05, 0.1) is 19.3 Å². The monoisotopic (exact) mass is 295 g/mol. The van der Waals surface area contributed by atoms with Crippen molar-refractivity contribution in [2.75, 3.05) is 12.4 Å². The summed E-state index contributed by atoms with van der Waals surface area (Å²) in [7, 11) is 1.56. The predicted molar refractivity (Wildman–Crippen MR) is 75.7 cm³/mol. The number of hydrogen-bond acceptors (Lipinski definition) is 4. The number of hydrogen-bond donors (Lipinski definition) is 2. The molecule has 0 radical (unpaired) electrons. The maximum absolute atomic E-state index is 10.9. The minimum Gasteiger partial charge on any atom is -0.495 e. The quantitative estimate of drug-likeness (QED) is 0.882. The highest BCUT2D eigenvalue weighted by atomic mass is 35.5. The lowest BCUT2D eigenvalue weighted by atomic mass is 10.2. The Kier molecular flexibility index (Phi) is 4.20. The lowest BCUT2D eigenvalue weighted by Crippen LogP contribution is -2.00. The number of furan rings is 1. The number of carboxylic acid groups (broad SMARTS) is 1. The van der Waals surface area contributed by atoms with Crippen LogP contribution in [-0.2, 0) is 6.54 Å². The van der Waals surface area contributed by atoms with E-state index in [0.717, 1.165) is 0 Å². The van der Waals surface area contributed by atoms with E-state index in [1.165, 1.54) is 6.07 Å². The Morgan fingerprint density at radius 2 is 2.20 bits per heavy atom. The van der Waals surface area contributed by atoms with E-state index >= 15 is 0 Å². The van der Waals surface area contributed by atoms with Gasteiger partial charge in [0.1, 0.15) is 22.8 Å². The van der Waals surface area contributed by atoms with Gasteiger partial charge in [-0.25, -0.2) is 4.79 Å². The number of nitrogens with one attached hydrogen (secondary N) is 1. The highest BCUT2D eigenvalue weighted by Crippen LogP contribution is 2.28. The first-order chi connectivity index (χ1) is 9.51. The number of ether oxygens (including phenoxy) is 1. The summed E-state index contributed by atoms with van der Waals surface area (Å²) in [5.74, 6) is 0.559. The zero-order valence-corrected chi connectivity index (χ0v) is 11.8. The van der Waals surface area contributed by atoms with Gasteiger partial charge in [0.25, 0.3) is 0 Å². The zero-order chi connectivity index (χ0) is 14.7. The standard InChI is InChI=1S/C14H14ClNO4/c1-8-11(14(17)18)6-10(20-8)7-16-12-5-9(15)3-4-13(12)19-2/h3-6,16H,7H2,1-2H3,(H,17,18). The van der Waals surface area contributed by atoms with Crippen LogP contribution in [0.25, 0.3) is 0 Å². The van der Waals surface area contributed by atoms with Crippen molar-refractivity contribution in [3.05, 3.63) is 46.4 Å². The molecule has 1 heterocycles. The molecule has 0 aliphatic rings. The van der Waals surface area contributed by atoms with Crippen molar-refractivity contribution in [1.29, 1.82) is 0 Å². The third kappa shape index (κ3) is 3.05. The average molecular weight is 296 g/mol. The molecule has 106 valence electrons. The van der Waals surface area contributed by atoms with Crippen LogP contribution >= 0.6 is 11.6 Å². The number of methoxy groups -OCH3 is 1. The number of benzene rings is 1. The molecule has 0 bridgehead atoms. The van der Waals surface area contributed by atoms with Crippen molar-refractivity contribution < 1.29 is 19.1 Å². The van der Waals surface area contributed by atoms with Gasteiger partial charge in [-0.15, -0.1) is 0 Å². The summed E-state index contributed by atoms with van der Waals surface area (Å²) in [6.45, 7) is 1.96. The molecule has 2 aromatic rings. The molecule has 0 spiro atoms. The molecule has 0 aliphatic carbocycles. The van der Waals surface area contributed by atoms with E-state index in [2.05, 4.69) is 5.32 Å². The molecule has 20 heavy (non-hydrogen) atoms. The number of halogens is 1. The first kappa shape index (κ1) is 14.3. The molecule has 1 aromatic carbocycles. The van der Waals surface area contributed by atoms with Crippen molar-refractivity contribution >= 4 is 23.3 Å². The average Bonchev–Trinajstić information content (AvgIpc) is 2.78. The van der Waals surface area contributed by atoms with Crippen LogP contribution in [-0.4, -0.2) is 18.2 Å². The number of aryl methyl sites for hydroxylation is 1. The van der Waals surface area contributed by atoms with Crippen LogP contribution in [0.1, 0.15) is 21.9 Å². The molecule has 6 heteroatoms. The first-order valence-electron chi connectivity index (χ1n) is 5.91. The molecular formula is C14H14ClNO4. The SMILES string of the molecule is COc1ccc(Cl)cc1NCc1cc(C(=O)O)c(C)o1. The van der Waals surface area contributed by atoms with Gasteiger partial charge in [0.2, 0.25) is 0 Å². The Labute approximate surface area is 121 Å². The highest BCUT2D eigenvalue weighted by Gasteiger charge is 2.14. The van der Waals surface area contributed by atoms with Crippen LogP contribution in [0.2, 0.25) is 5.02 Å². The van der Waals surface area contributed by atoms with E-state index in [-0.39, 0.29) is 5.56 Å². The second kappa shape index (κ2) is 5.88. The molecule has 0 unspecified atom stereocenters. The van der Waals surface area contributed by atoms with Crippen molar-refractivity contribution in [3.8, 4) is 5.75 Å². The number of anilines is 1. The summed E-state index contributed by atoms with van der Waals surface area (Å²) in [6.07, 6.45) is 0. The number of rotatable bonds is 5. The molecule has 0 amide bonds. The number of carbonyl (C=O) groups is 1. The van der Waals surface area contributed by atoms with E-state index in [1.807, 2.05) is 0 Å². The van der Waals surface area contributed by atoms with Crippen molar-refractivity contribution in [2.45, 2.75) is 13.5 Å². The molecule has 2 N–H and O–H groups in total. The Morgan fingerprint density at radius 1 is 1.45 bits per heavy atom. The van der Waals surface area contributed by atoms with Gasteiger partial charge in [-0.2, -0.15) is 0 Å². The molecule has 1 aromatic heterocycles. The van der Waals surface area contributed by atoms with Gasteiger partial charge in [-0.3, -0.25) is 0 Å². The van der Waals surface area contributed by atoms with Crippen molar-refractivity contribution in [2.24, 2.45) is 0 Å². The van der Waals surface area contributed by atoms with Crippen LogP contribution < -0.4 is 10.1 Å². The van der Waals surface area contributed by atoms with Gasteiger partial charge >= 0.3 is 5.97 Å². The minimum atomic E-state index is -1.00. The molecule has 0 saturated carbocycles. The van der Waals surface area contributed by atoms with Crippen LogP contribution in [0.5, 0.6) is 5.75 Å². The molecule has 5 nitrogen and oxygen atoms in total. The molecule has 0 fully saturated rings. The van der Waals surface area contributed by atoms with E-state index < -0.39 is 5.97 Å². The normalized spacial score (nSPS) is 10.3. The van der Waals surface area contributed by atoms with Crippen LogP contribution in [0.15, 0.2) is 28.7 Å². The predicted octanol–water partition coefficient (Wildman–Crippen LogP) is 3.56. The fourth-order valence-electron chi connectivity index (χ4n) is 1.84. The summed E-state index contributed by atoms with van der Waals surface area (Å²) in [5.41, 5.74) is 0.880. The largest absolute Gasteiger partial charge is 0.495 e. The van der Waals surface area contributed by atoms with Gasteiger partial charge in [0, 0.05) is 5.02 Å². The lowest BCUT2D eigenvalue weighted by Gasteiger charge is -2.10. The van der Waals surface area contributed by atoms with Crippen LogP contribution in [0.4, 0.5) is 5.69 Å². The molecule has 0 aliphatic heterocycles. The van der Waals surface area contributed by atoms with Gasteiger partial charge in [-0.1, -0.05) is 11.6 Å². The molecule has 0 atom stereocenters. The van der Waals surface area contributed by atoms with Gasteiger partial charge in [-0.05, 0) is 31.2 Å². The Balaban J connectivity index is 2.14. The minimum absolute atomic E-state index is 0.167. The summed E-state index contributed by atoms with van der Waals surface area (Å²) >= 11 is 5.93. The van der Waals surface area contributed by atoms with Crippen molar-refractivity contribution in [3.63, 3.8) is 0 Å². The fourth-order valence-corrected chi connectivity index (χ4v) is 2.02. The second-order valence-electron chi connectivity index (χ2n) is 4.19. The lowest BCUT2D eigenvalue weighted by molar-refractivity contribution is 0.0695. The smallest absolute Gasteiger partial charge is 0.339 e. The molecule has 0 saturated heterocycles. The maximum Gasteiger partial charge on any atom is 0.339 e. The van der Waals surface area contributed by atoms with E-state index in [0.29, 0.717) is 34.5 Å². The van der Waals surface area contributed by atoms with E-state index in [9.17, 15) is 4.79 Å². The van der Waals surface area contributed by atoms with Crippen molar-refractivity contribution in [1.82, 2.24) is 0 Å². The Hall–Kier alpha value is -2.14. The summed E-state index contributed by atoms with van der Waals surface area (Å²) in [6, 6.07) is 6.71. The Bertz CT molecular complexity index is 636. The summed E-state index contributed by atoms with van der Waals surface area (Å²) < 4.78 is 10.6. The summed E-state index contributed by atoms with van der Waals surface area (Å²) in [5, 5.41) is 12.6. The maximum atomic E-state index is 10.9. The first-order valence-corrected chi connectivity index (χ1v) is 6.29. The summed E-state index contributed by atoms with van der Waals surface area (Å²) in [4.78, 5) is 10.9. The highest BCUT2D eigenvalue weighted by molar-refractivity contribution is 6.30. The molecule has 2 rings (SSSR count). The third-order valence-corrected chi connectivity index (χ3v) is 3.05. The Morgan fingerprint density at radius 3 is 2.80 bits per heavy atom. The fraction of sp³-hybridized carbons (Fsp3) is 0.214. The van der Waals surface area contributed by atoms with Crippen LogP contribution in [0.3, 0.4) is 0 Å². The van der Waals surface area contributed by atoms with Crippen LogP contribution in [0, 0.1) is 6.92 Å². The number of aromatic carboxylic acids is 1. The topological polar surface area (TPSA) is 71.7 Å². The molecular weight excluding hydrogens is 282 g/mol. The number of carboxylic acids is 1. The van der Waals surface area contributed by atoms with Gasteiger partial charge in [0.15, 0.2) is 0 Å². The van der Waals surface area contributed by atoms with E-state index in [4.69, 9.17) is 25.9 Å². The second-order valence-corrected chi connectivity index (χ2v) is 4.62.